The zero-order valence-electron chi connectivity index (χ0n) is 16.8. The van der Waals surface area contributed by atoms with Gasteiger partial charge in [-0.3, -0.25) is 9.69 Å². The first-order valence-electron chi connectivity index (χ1n) is 9.82. The summed E-state index contributed by atoms with van der Waals surface area (Å²) < 4.78 is 5.43. The lowest BCUT2D eigenvalue weighted by Crippen LogP contribution is -2.52. The fourth-order valence-electron chi connectivity index (χ4n) is 4.18. The van der Waals surface area contributed by atoms with Gasteiger partial charge in [0.25, 0.3) is 0 Å². The lowest BCUT2D eigenvalue weighted by atomic mass is 9.74. The van der Waals surface area contributed by atoms with Crippen molar-refractivity contribution in [2.24, 2.45) is 10.7 Å². The number of likely N-dealkylation sites (N-methyl/N-ethyl adjacent to an activating group) is 1. The molecule has 7 heteroatoms. The molecule has 1 saturated heterocycles. The van der Waals surface area contributed by atoms with Crippen LogP contribution in [0, 0.1) is 0 Å². The van der Waals surface area contributed by atoms with Crippen LogP contribution >= 0.6 is 0 Å². The van der Waals surface area contributed by atoms with Crippen LogP contribution in [0.25, 0.3) is 0 Å². The zero-order chi connectivity index (χ0) is 20.6. The number of carbonyl (C=O) groups excluding carboxylic acids is 1. The normalized spacial score (nSPS) is 25.1. The largest absolute Gasteiger partial charge is 0.399 e. The smallest absolute Gasteiger partial charge is 0.239 e. The van der Waals surface area contributed by atoms with Gasteiger partial charge in [0.1, 0.15) is 5.54 Å². The monoisotopic (exact) mass is 393 g/mol. The summed E-state index contributed by atoms with van der Waals surface area (Å²) >= 11 is 0. The first-order chi connectivity index (χ1) is 13.9. The van der Waals surface area contributed by atoms with Crippen LogP contribution in [-0.4, -0.2) is 50.1 Å². The van der Waals surface area contributed by atoms with E-state index in [2.05, 4.69) is 17.0 Å². The maximum atomic E-state index is 13.3. The minimum Gasteiger partial charge on any atom is -0.399 e. The maximum absolute atomic E-state index is 13.3. The van der Waals surface area contributed by atoms with Gasteiger partial charge in [-0.2, -0.15) is 0 Å². The predicted molar refractivity (Wildman–Crippen MR) is 115 cm³/mol. The minimum absolute atomic E-state index is 0.0819. The highest BCUT2D eigenvalue weighted by atomic mass is 16.5. The number of carbonyl (C=O) groups is 1. The molecular weight excluding hydrogens is 366 g/mol. The number of morpholine rings is 1. The van der Waals surface area contributed by atoms with Crippen molar-refractivity contribution in [3.63, 3.8) is 0 Å². The van der Waals surface area contributed by atoms with Gasteiger partial charge in [0.15, 0.2) is 5.96 Å². The molecule has 2 aromatic rings. The quantitative estimate of drug-likeness (QED) is 0.776. The third-order valence-corrected chi connectivity index (χ3v) is 5.90. The van der Waals surface area contributed by atoms with Crippen LogP contribution in [0.5, 0.6) is 0 Å². The second-order valence-electron chi connectivity index (χ2n) is 7.76. The molecule has 0 unspecified atom stereocenters. The summed E-state index contributed by atoms with van der Waals surface area (Å²) in [6, 6.07) is 15.7. The molecule has 7 nitrogen and oxygen atoms in total. The lowest BCUT2D eigenvalue weighted by Gasteiger charge is -2.41. The van der Waals surface area contributed by atoms with Gasteiger partial charge in [0, 0.05) is 31.5 Å². The molecule has 2 aromatic carbocycles. The van der Waals surface area contributed by atoms with Crippen LogP contribution in [0.3, 0.4) is 0 Å². The van der Waals surface area contributed by atoms with Crippen molar-refractivity contribution in [1.82, 2.24) is 4.90 Å². The van der Waals surface area contributed by atoms with Gasteiger partial charge in [-0.1, -0.05) is 24.3 Å². The summed E-state index contributed by atoms with van der Waals surface area (Å²) in [6.07, 6.45) is 0. The lowest BCUT2D eigenvalue weighted by molar-refractivity contribution is -0.130. The number of hydrogen-bond acceptors (Lipinski definition) is 6. The summed E-state index contributed by atoms with van der Waals surface area (Å²) in [5, 5.41) is 0. The molecule has 4 N–H and O–H groups in total. The Balaban J connectivity index is 1.75. The molecule has 2 atom stereocenters. The van der Waals surface area contributed by atoms with Gasteiger partial charge < -0.3 is 21.1 Å². The average Bonchev–Trinajstić information content (AvgIpc) is 2.73. The van der Waals surface area contributed by atoms with Crippen LogP contribution in [0.1, 0.15) is 24.0 Å². The molecule has 0 aliphatic carbocycles. The van der Waals surface area contributed by atoms with Crippen molar-refractivity contribution >= 4 is 23.2 Å². The molecule has 0 aromatic heterocycles. The van der Waals surface area contributed by atoms with E-state index in [4.69, 9.17) is 21.2 Å². The molecule has 1 amide bonds. The Kier molecular flexibility index (Phi) is 4.92. The van der Waals surface area contributed by atoms with Gasteiger partial charge in [0.2, 0.25) is 5.91 Å². The Hall–Kier alpha value is -3.06. The summed E-state index contributed by atoms with van der Waals surface area (Å²) in [7, 11) is 1.66. The van der Waals surface area contributed by atoms with E-state index in [9.17, 15) is 4.79 Å². The summed E-state index contributed by atoms with van der Waals surface area (Å²) in [6.45, 7) is 5.14. The molecule has 2 heterocycles. The number of anilines is 2. The molecule has 2 aliphatic rings. The van der Waals surface area contributed by atoms with Crippen molar-refractivity contribution < 1.29 is 9.53 Å². The SMILES string of the molecule is CN1C(=O)[C@@H](c2ccc(N3CCOCC3)cc2)[C@@](C)(c2cccc(N)c2)N=C1N. The number of aliphatic imine (C=N–C) groups is 1. The van der Waals surface area contributed by atoms with Crippen LogP contribution in [0.2, 0.25) is 0 Å². The third kappa shape index (κ3) is 3.42. The zero-order valence-corrected chi connectivity index (χ0v) is 16.8. The fourth-order valence-corrected chi connectivity index (χ4v) is 4.18. The van der Waals surface area contributed by atoms with Gasteiger partial charge in [-0.05, 0) is 42.3 Å². The van der Waals surface area contributed by atoms with E-state index < -0.39 is 11.5 Å². The van der Waals surface area contributed by atoms with E-state index in [1.807, 2.05) is 43.3 Å². The van der Waals surface area contributed by atoms with Crippen LogP contribution < -0.4 is 16.4 Å². The number of nitrogen functional groups attached to an aromatic ring is 1. The summed E-state index contributed by atoms with van der Waals surface area (Å²) in [5.74, 6) is -0.372. The number of ether oxygens (including phenoxy) is 1. The predicted octanol–water partition coefficient (Wildman–Crippen LogP) is 1.89. The van der Waals surface area contributed by atoms with Crippen molar-refractivity contribution in [3.05, 3.63) is 59.7 Å². The highest BCUT2D eigenvalue weighted by Gasteiger charge is 2.47. The first kappa shape index (κ1) is 19.3. The van der Waals surface area contributed by atoms with Gasteiger partial charge in [-0.25, -0.2) is 4.99 Å². The number of rotatable bonds is 3. The van der Waals surface area contributed by atoms with Crippen molar-refractivity contribution in [3.8, 4) is 0 Å². The molecule has 152 valence electrons. The molecule has 1 fully saturated rings. The van der Waals surface area contributed by atoms with Gasteiger partial charge in [0.05, 0.1) is 19.1 Å². The Bertz CT molecular complexity index is 936. The van der Waals surface area contributed by atoms with Gasteiger partial charge >= 0.3 is 0 Å². The van der Waals surface area contributed by atoms with Crippen molar-refractivity contribution in [2.75, 3.05) is 44.0 Å². The number of nitrogens with two attached hydrogens (primary N) is 2. The fraction of sp³-hybridized carbons (Fsp3) is 0.364. The topological polar surface area (TPSA) is 97.2 Å². The van der Waals surface area contributed by atoms with Crippen molar-refractivity contribution in [1.29, 1.82) is 0 Å². The number of benzene rings is 2. The Morgan fingerprint density at radius 2 is 1.79 bits per heavy atom. The number of nitrogens with zero attached hydrogens (tertiary/aromatic N) is 3. The average molecular weight is 393 g/mol. The second-order valence-corrected chi connectivity index (χ2v) is 7.76. The minimum atomic E-state index is -0.844. The van der Waals surface area contributed by atoms with E-state index in [-0.39, 0.29) is 11.9 Å². The molecule has 0 saturated carbocycles. The molecule has 29 heavy (non-hydrogen) atoms. The van der Waals surface area contributed by atoms with E-state index in [1.165, 1.54) is 4.90 Å². The molecule has 0 radical (unpaired) electrons. The first-order valence-corrected chi connectivity index (χ1v) is 9.82. The Labute approximate surface area is 170 Å². The van der Waals surface area contributed by atoms with Crippen LogP contribution in [-0.2, 0) is 15.1 Å². The van der Waals surface area contributed by atoms with Crippen molar-refractivity contribution in [2.45, 2.75) is 18.4 Å². The van der Waals surface area contributed by atoms with E-state index in [0.29, 0.717) is 5.69 Å². The molecule has 2 aliphatic heterocycles. The Morgan fingerprint density at radius 1 is 1.10 bits per heavy atom. The molecule has 4 rings (SSSR count). The summed E-state index contributed by atoms with van der Waals surface area (Å²) in [5.41, 5.74) is 14.8. The Morgan fingerprint density at radius 3 is 2.45 bits per heavy atom. The van der Waals surface area contributed by atoms with Crippen LogP contribution in [0.4, 0.5) is 11.4 Å². The van der Waals surface area contributed by atoms with Crippen LogP contribution in [0.15, 0.2) is 53.5 Å². The highest BCUT2D eigenvalue weighted by Crippen LogP contribution is 2.44. The number of amides is 1. The second kappa shape index (κ2) is 7.40. The van der Waals surface area contributed by atoms with E-state index in [1.54, 1.807) is 7.05 Å². The summed E-state index contributed by atoms with van der Waals surface area (Å²) in [4.78, 5) is 21.8. The highest BCUT2D eigenvalue weighted by molar-refractivity contribution is 6.02. The van der Waals surface area contributed by atoms with E-state index >= 15 is 0 Å². The molecule has 0 spiro atoms. The maximum Gasteiger partial charge on any atom is 0.239 e. The third-order valence-electron chi connectivity index (χ3n) is 5.90. The number of hydrogen-bond donors (Lipinski definition) is 2. The molecule has 0 bridgehead atoms. The number of guanidine groups is 1. The van der Waals surface area contributed by atoms with Gasteiger partial charge in [-0.15, -0.1) is 0 Å². The standard InChI is InChI=1S/C22H27N5O2/c1-22(16-4-3-5-17(23)14-16)19(20(28)26(2)21(24)25-22)15-6-8-18(9-7-15)27-10-12-29-13-11-27/h3-9,14,19H,10-13,23H2,1-2H3,(H2,24,25)/t19-,22-/m1/s1. The van der Waals surface area contributed by atoms with E-state index in [0.717, 1.165) is 43.1 Å². The molecular formula is C22H27N5O2.